The van der Waals surface area contributed by atoms with Gasteiger partial charge in [-0.3, -0.25) is 19.0 Å². The normalized spacial score (nSPS) is 19.9. The van der Waals surface area contributed by atoms with Crippen molar-refractivity contribution in [1.82, 2.24) is 14.9 Å². The van der Waals surface area contributed by atoms with Crippen LogP contribution in [0.1, 0.15) is 25.7 Å². The minimum absolute atomic E-state index is 0.0199. The molecular weight excluding hydrogens is 334 g/mol. The molecule has 0 atom stereocenters. The second-order valence-electron chi connectivity index (χ2n) is 6.73. The molecule has 1 saturated carbocycles. The van der Waals surface area contributed by atoms with E-state index in [1.165, 1.54) is 7.11 Å². The summed E-state index contributed by atoms with van der Waals surface area (Å²) in [4.78, 5) is 40.1. The van der Waals surface area contributed by atoms with E-state index in [1.807, 2.05) is 18.2 Å². The molecule has 1 aromatic carbocycles. The fourth-order valence-corrected chi connectivity index (χ4v) is 3.50. The van der Waals surface area contributed by atoms with Crippen molar-refractivity contribution < 1.29 is 14.3 Å². The maximum atomic E-state index is 12.6. The number of methoxy groups -OCH3 is 1. The molecule has 0 bridgehead atoms. The Morgan fingerprint density at radius 1 is 1.23 bits per heavy atom. The first kappa shape index (κ1) is 18.1. The maximum absolute atomic E-state index is 12.6. The van der Waals surface area contributed by atoms with Crippen LogP contribution in [0.4, 0.5) is 0 Å². The first-order chi connectivity index (χ1) is 12.6. The van der Waals surface area contributed by atoms with Crippen LogP contribution in [0, 0.1) is 11.8 Å². The summed E-state index contributed by atoms with van der Waals surface area (Å²) in [6, 6.07) is 7.34. The van der Waals surface area contributed by atoms with Crippen LogP contribution >= 0.6 is 0 Å². The quantitative estimate of drug-likeness (QED) is 0.819. The Bertz CT molecular complexity index is 853. The highest BCUT2D eigenvalue weighted by atomic mass is 16.5. The number of fused-ring (bicyclic) bond motifs is 1. The monoisotopic (exact) mass is 357 g/mol. The van der Waals surface area contributed by atoms with Gasteiger partial charge < -0.3 is 10.1 Å². The number of rotatable bonds is 5. The van der Waals surface area contributed by atoms with Gasteiger partial charge in [0.2, 0.25) is 5.91 Å². The van der Waals surface area contributed by atoms with Crippen LogP contribution in [0.5, 0.6) is 0 Å². The van der Waals surface area contributed by atoms with Crippen molar-refractivity contribution in [3.05, 3.63) is 40.9 Å². The Morgan fingerprint density at radius 3 is 2.69 bits per heavy atom. The molecule has 7 nitrogen and oxygen atoms in total. The lowest BCUT2D eigenvalue weighted by molar-refractivity contribution is -0.141. The first-order valence-corrected chi connectivity index (χ1v) is 8.87. The molecule has 0 radical (unpaired) electrons. The Labute approximate surface area is 151 Å². The summed E-state index contributed by atoms with van der Waals surface area (Å²) in [7, 11) is 1.29. The van der Waals surface area contributed by atoms with Gasteiger partial charge in [-0.05, 0) is 43.7 Å². The molecule has 1 N–H and O–H groups in total. The number of nitrogens with one attached hydrogen (secondary N) is 1. The van der Waals surface area contributed by atoms with Gasteiger partial charge in [-0.2, -0.15) is 0 Å². The molecule has 26 heavy (non-hydrogen) atoms. The number of esters is 1. The van der Waals surface area contributed by atoms with E-state index in [9.17, 15) is 14.4 Å². The molecule has 1 fully saturated rings. The van der Waals surface area contributed by atoms with E-state index in [4.69, 9.17) is 0 Å². The van der Waals surface area contributed by atoms with Gasteiger partial charge in [0.05, 0.1) is 24.3 Å². The number of hydrogen-bond donors (Lipinski definition) is 1. The van der Waals surface area contributed by atoms with E-state index < -0.39 is 5.97 Å². The van der Waals surface area contributed by atoms with Gasteiger partial charge in [-0.25, -0.2) is 4.98 Å². The molecule has 0 saturated heterocycles. The highest BCUT2D eigenvalue weighted by molar-refractivity contribution is 5.83. The van der Waals surface area contributed by atoms with Crippen molar-refractivity contribution in [3.8, 4) is 0 Å². The molecular formula is C19H23N3O4. The van der Waals surface area contributed by atoms with Gasteiger partial charge in [0, 0.05) is 12.5 Å². The predicted molar refractivity (Wildman–Crippen MR) is 96.5 cm³/mol. The average Bonchev–Trinajstić information content (AvgIpc) is 2.68. The predicted octanol–water partition coefficient (Wildman–Crippen LogP) is 1.49. The number of aromatic nitrogens is 2. The molecule has 0 aliphatic heterocycles. The molecule has 0 spiro atoms. The van der Waals surface area contributed by atoms with E-state index in [0.29, 0.717) is 23.4 Å². The van der Waals surface area contributed by atoms with Gasteiger partial charge in [0.1, 0.15) is 6.54 Å². The molecule has 1 heterocycles. The maximum Gasteiger partial charge on any atom is 0.325 e. The third-order valence-electron chi connectivity index (χ3n) is 5.04. The topological polar surface area (TPSA) is 90.3 Å². The van der Waals surface area contributed by atoms with Gasteiger partial charge in [0.15, 0.2) is 0 Å². The number of hydrogen-bond acceptors (Lipinski definition) is 5. The van der Waals surface area contributed by atoms with E-state index in [0.717, 1.165) is 25.7 Å². The molecule has 0 unspecified atom stereocenters. The molecule has 138 valence electrons. The van der Waals surface area contributed by atoms with Crippen molar-refractivity contribution in [2.45, 2.75) is 32.2 Å². The largest absolute Gasteiger partial charge is 0.468 e. The zero-order valence-electron chi connectivity index (χ0n) is 14.8. The standard InChI is InChI=1S/C19H23N3O4/c1-26-17(23)10-20-18(24)14-8-6-13(7-9-14)11-22-12-21-16-5-3-2-4-15(16)19(22)25/h2-5,12-14H,6-11H2,1H3,(H,20,24). The summed E-state index contributed by atoms with van der Waals surface area (Å²) in [5, 5.41) is 3.25. The lowest BCUT2D eigenvalue weighted by Crippen LogP contribution is -2.37. The zero-order chi connectivity index (χ0) is 18.5. The Kier molecular flexibility index (Phi) is 5.65. The van der Waals surface area contributed by atoms with Crippen LogP contribution in [-0.2, 0) is 20.9 Å². The van der Waals surface area contributed by atoms with Gasteiger partial charge >= 0.3 is 5.97 Å². The highest BCUT2D eigenvalue weighted by Crippen LogP contribution is 2.29. The summed E-state index contributed by atoms with van der Waals surface area (Å²) in [5.74, 6) is -0.281. The fraction of sp³-hybridized carbons (Fsp3) is 0.474. The molecule has 1 aliphatic rings. The average molecular weight is 357 g/mol. The van der Waals surface area contributed by atoms with Crippen LogP contribution in [0.25, 0.3) is 10.9 Å². The van der Waals surface area contributed by atoms with Crippen LogP contribution in [0.15, 0.2) is 35.4 Å². The lowest BCUT2D eigenvalue weighted by Gasteiger charge is -2.28. The Hall–Kier alpha value is -2.70. The van der Waals surface area contributed by atoms with E-state index >= 15 is 0 Å². The number of ether oxygens (including phenoxy) is 1. The second-order valence-corrected chi connectivity index (χ2v) is 6.73. The Balaban J connectivity index is 1.56. The summed E-state index contributed by atoms with van der Waals surface area (Å²) in [6.45, 7) is 0.528. The first-order valence-electron chi connectivity index (χ1n) is 8.87. The number of amides is 1. The Morgan fingerprint density at radius 2 is 1.96 bits per heavy atom. The van der Waals surface area contributed by atoms with Crippen molar-refractivity contribution in [3.63, 3.8) is 0 Å². The van der Waals surface area contributed by atoms with Crippen LogP contribution in [0.2, 0.25) is 0 Å². The fourth-order valence-electron chi connectivity index (χ4n) is 3.50. The SMILES string of the molecule is COC(=O)CNC(=O)C1CCC(Cn2cnc3ccccc3c2=O)CC1. The summed E-state index contributed by atoms with van der Waals surface area (Å²) < 4.78 is 6.19. The van der Waals surface area contributed by atoms with Gasteiger partial charge in [-0.1, -0.05) is 12.1 Å². The summed E-state index contributed by atoms with van der Waals surface area (Å²) in [6.07, 6.45) is 4.87. The highest BCUT2D eigenvalue weighted by Gasteiger charge is 2.27. The van der Waals surface area contributed by atoms with E-state index in [2.05, 4.69) is 15.0 Å². The number of carbonyl (C=O) groups excluding carboxylic acids is 2. The van der Waals surface area contributed by atoms with Crippen molar-refractivity contribution >= 4 is 22.8 Å². The molecule has 3 rings (SSSR count). The summed E-state index contributed by atoms with van der Waals surface area (Å²) >= 11 is 0. The number of benzene rings is 1. The molecule has 1 aliphatic carbocycles. The van der Waals surface area contributed by atoms with Gasteiger partial charge in [-0.15, -0.1) is 0 Å². The third kappa shape index (κ3) is 4.09. The minimum atomic E-state index is -0.449. The number of nitrogens with zero attached hydrogens (tertiary/aromatic N) is 2. The van der Waals surface area contributed by atoms with Crippen LogP contribution in [-0.4, -0.2) is 35.1 Å². The van der Waals surface area contributed by atoms with Crippen LogP contribution < -0.4 is 10.9 Å². The van der Waals surface area contributed by atoms with Crippen molar-refractivity contribution in [2.24, 2.45) is 11.8 Å². The van der Waals surface area contributed by atoms with E-state index in [-0.39, 0.29) is 23.9 Å². The second kappa shape index (κ2) is 8.12. The molecule has 7 heteroatoms. The lowest BCUT2D eigenvalue weighted by atomic mass is 9.81. The van der Waals surface area contributed by atoms with Gasteiger partial charge in [0.25, 0.3) is 5.56 Å². The van der Waals surface area contributed by atoms with E-state index in [1.54, 1.807) is 17.0 Å². The minimum Gasteiger partial charge on any atom is -0.468 e. The van der Waals surface area contributed by atoms with Crippen LogP contribution in [0.3, 0.4) is 0 Å². The zero-order valence-corrected chi connectivity index (χ0v) is 14.8. The summed E-state index contributed by atoms with van der Waals surface area (Å²) in [5.41, 5.74) is 0.688. The smallest absolute Gasteiger partial charge is 0.325 e. The number of para-hydroxylation sites is 1. The van der Waals surface area contributed by atoms with Crippen molar-refractivity contribution in [1.29, 1.82) is 0 Å². The molecule has 2 aromatic rings. The number of carbonyl (C=O) groups is 2. The molecule has 1 amide bonds. The third-order valence-corrected chi connectivity index (χ3v) is 5.04. The molecule has 1 aromatic heterocycles. The van der Waals surface area contributed by atoms with Crippen molar-refractivity contribution in [2.75, 3.05) is 13.7 Å².